The molecule has 4 N–H and O–H groups in total. The highest BCUT2D eigenvalue weighted by Gasteiger charge is 2.18. The molecule has 6 nitrogen and oxygen atoms in total. The first-order valence-electron chi connectivity index (χ1n) is 4.86. The fraction of sp³-hybridized carbons (Fsp3) is 0.667. The number of carboxylic acid groups (broad SMARTS) is 1. The first kappa shape index (κ1) is 14.8. The van der Waals surface area contributed by atoms with Crippen molar-refractivity contribution in [2.75, 3.05) is 5.75 Å². The van der Waals surface area contributed by atoms with Crippen LogP contribution in [0.5, 0.6) is 0 Å². The minimum absolute atomic E-state index is 0.266. The third kappa shape index (κ3) is 5.59. The number of hydrogen-bond donors (Lipinski definition) is 3. The quantitative estimate of drug-likeness (QED) is 0.480. The smallest absolute Gasteiger partial charge is 0.326 e. The molecule has 7 heteroatoms. The normalized spacial score (nSPS) is 13.8. The molecule has 0 saturated carbocycles. The van der Waals surface area contributed by atoms with Crippen LogP contribution in [0, 0.1) is 0 Å². The first-order valence-corrected chi connectivity index (χ1v) is 5.91. The zero-order valence-corrected chi connectivity index (χ0v) is 9.83. The summed E-state index contributed by atoms with van der Waals surface area (Å²) in [5.41, 5.74) is 5.13. The van der Waals surface area contributed by atoms with E-state index in [1.54, 1.807) is 0 Å². The fourth-order valence-corrected chi connectivity index (χ4v) is 2.15. The second-order valence-electron chi connectivity index (χ2n) is 3.13. The molecule has 0 rings (SSSR count). The number of carbonyl (C=O) groups excluding carboxylic acids is 2. The van der Waals surface area contributed by atoms with Crippen LogP contribution in [0.15, 0.2) is 0 Å². The van der Waals surface area contributed by atoms with Crippen LogP contribution in [0.2, 0.25) is 0 Å². The van der Waals surface area contributed by atoms with Crippen molar-refractivity contribution in [1.82, 2.24) is 5.32 Å². The number of hydrogen-bond acceptors (Lipinski definition) is 4. The monoisotopic (exact) mass is 248 g/mol. The Labute approximate surface area is 98.0 Å². The molecule has 0 aromatic heterocycles. The maximum absolute atomic E-state index is 10.9. The van der Waals surface area contributed by atoms with Gasteiger partial charge in [-0.05, 0) is 18.6 Å². The lowest BCUT2D eigenvalue weighted by molar-refractivity contribution is -0.140. The SMILES string of the molecule is CCC(SCCC(NC=O)C(=O)O)C(N)=O. The number of rotatable bonds is 9. The van der Waals surface area contributed by atoms with Crippen LogP contribution in [0.25, 0.3) is 0 Å². The largest absolute Gasteiger partial charge is 0.480 e. The van der Waals surface area contributed by atoms with Crippen LogP contribution < -0.4 is 11.1 Å². The molecule has 92 valence electrons. The van der Waals surface area contributed by atoms with Crippen molar-refractivity contribution < 1.29 is 19.5 Å². The lowest BCUT2D eigenvalue weighted by Gasteiger charge is -2.13. The van der Waals surface area contributed by atoms with Gasteiger partial charge in [0.05, 0.1) is 5.25 Å². The van der Waals surface area contributed by atoms with Crippen LogP contribution in [0.1, 0.15) is 19.8 Å². The van der Waals surface area contributed by atoms with Gasteiger partial charge in [-0.3, -0.25) is 9.59 Å². The summed E-state index contributed by atoms with van der Waals surface area (Å²) in [6, 6.07) is -0.907. The highest BCUT2D eigenvalue weighted by atomic mass is 32.2. The van der Waals surface area contributed by atoms with Gasteiger partial charge in [-0.1, -0.05) is 6.92 Å². The minimum atomic E-state index is -1.08. The van der Waals surface area contributed by atoms with Gasteiger partial charge in [-0.2, -0.15) is 0 Å². The van der Waals surface area contributed by atoms with E-state index in [0.717, 1.165) is 0 Å². The second kappa shape index (κ2) is 7.98. The van der Waals surface area contributed by atoms with E-state index < -0.39 is 17.9 Å². The highest BCUT2D eigenvalue weighted by Crippen LogP contribution is 2.15. The van der Waals surface area contributed by atoms with E-state index in [-0.39, 0.29) is 11.7 Å². The van der Waals surface area contributed by atoms with Gasteiger partial charge in [-0.25, -0.2) is 4.79 Å². The highest BCUT2D eigenvalue weighted by molar-refractivity contribution is 8.00. The summed E-state index contributed by atoms with van der Waals surface area (Å²) < 4.78 is 0. The number of nitrogens with two attached hydrogens (primary N) is 1. The summed E-state index contributed by atoms with van der Waals surface area (Å²) >= 11 is 1.31. The number of primary amides is 1. The van der Waals surface area contributed by atoms with Crippen molar-refractivity contribution in [3.05, 3.63) is 0 Å². The zero-order valence-electron chi connectivity index (χ0n) is 9.01. The van der Waals surface area contributed by atoms with Gasteiger partial charge in [0.1, 0.15) is 6.04 Å². The van der Waals surface area contributed by atoms with E-state index in [9.17, 15) is 14.4 Å². The number of amides is 2. The Balaban J connectivity index is 3.97. The molecule has 0 aliphatic carbocycles. The molecule has 0 aromatic carbocycles. The van der Waals surface area contributed by atoms with Gasteiger partial charge in [0.2, 0.25) is 12.3 Å². The summed E-state index contributed by atoms with van der Waals surface area (Å²) in [6.45, 7) is 1.83. The molecule has 16 heavy (non-hydrogen) atoms. The van der Waals surface area contributed by atoms with Crippen LogP contribution in [0.4, 0.5) is 0 Å². The van der Waals surface area contributed by atoms with Crippen LogP contribution >= 0.6 is 11.8 Å². The van der Waals surface area contributed by atoms with Gasteiger partial charge < -0.3 is 16.2 Å². The number of carboxylic acids is 1. The van der Waals surface area contributed by atoms with E-state index in [2.05, 4.69) is 5.32 Å². The molecular formula is C9H16N2O4S. The van der Waals surface area contributed by atoms with Gasteiger partial charge >= 0.3 is 5.97 Å². The van der Waals surface area contributed by atoms with Crippen molar-refractivity contribution in [2.45, 2.75) is 31.1 Å². The Morgan fingerprint density at radius 3 is 2.56 bits per heavy atom. The standard InChI is InChI=1S/C9H16N2O4S/c1-2-7(8(10)13)16-4-3-6(9(14)15)11-5-12/h5-7H,2-4H2,1H3,(H2,10,13)(H,11,12)(H,14,15). The summed E-state index contributed by atoms with van der Waals surface area (Å²) in [5.74, 6) is -1.03. The number of aliphatic carboxylic acids is 1. The maximum Gasteiger partial charge on any atom is 0.326 e. The molecule has 0 heterocycles. The zero-order chi connectivity index (χ0) is 12.6. The Hall–Kier alpha value is -1.24. The predicted octanol–water partition coefficient (Wildman–Crippen LogP) is -0.427. The molecule has 2 amide bonds. The summed E-state index contributed by atoms with van der Waals surface area (Å²) in [6.07, 6.45) is 1.23. The molecule has 0 aromatic rings. The Morgan fingerprint density at radius 1 is 1.56 bits per heavy atom. The van der Waals surface area contributed by atoms with Crippen molar-refractivity contribution in [1.29, 1.82) is 0 Å². The molecule has 2 unspecified atom stereocenters. The van der Waals surface area contributed by atoms with Crippen molar-refractivity contribution in [3.8, 4) is 0 Å². The Kier molecular flexibility index (Phi) is 7.36. The topological polar surface area (TPSA) is 109 Å². The summed E-state index contributed by atoms with van der Waals surface area (Å²) in [5, 5.41) is 10.6. The van der Waals surface area contributed by atoms with E-state index in [1.807, 2.05) is 6.92 Å². The lowest BCUT2D eigenvalue weighted by atomic mass is 10.2. The number of carbonyl (C=O) groups is 3. The molecule has 2 atom stereocenters. The fourth-order valence-electron chi connectivity index (χ4n) is 1.09. The van der Waals surface area contributed by atoms with Crippen LogP contribution in [0.3, 0.4) is 0 Å². The molecule has 0 spiro atoms. The van der Waals surface area contributed by atoms with E-state index in [4.69, 9.17) is 10.8 Å². The minimum Gasteiger partial charge on any atom is -0.480 e. The van der Waals surface area contributed by atoms with Crippen LogP contribution in [-0.2, 0) is 14.4 Å². The molecule has 0 fully saturated rings. The molecular weight excluding hydrogens is 232 g/mol. The van der Waals surface area contributed by atoms with E-state index >= 15 is 0 Å². The van der Waals surface area contributed by atoms with Crippen molar-refractivity contribution in [2.24, 2.45) is 5.73 Å². The second-order valence-corrected chi connectivity index (χ2v) is 4.44. The van der Waals surface area contributed by atoms with E-state index in [1.165, 1.54) is 11.8 Å². The van der Waals surface area contributed by atoms with Gasteiger partial charge in [0, 0.05) is 0 Å². The van der Waals surface area contributed by atoms with Crippen LogP contribution in [-0.4, -0.2) is 40.4 Å². The van der Waals surface area contributed by atoms with Crippen molar-refractivity contribution in [3.63, 3.8) is 0 Å². The third-order valence-corrected chi connectivity index (χ3v) is 3.42. The number of thioether (sulfide) groups is 1. The average Bonchev–Trinajstić information content (AvgIpc) is 2.21. The molecule has 0 saturated heterocycles. The summed E-state index contributed by atoms with van der Waals surface area (Å²) in [7, 11) is 0. The average molecular weight is 248 g/mol. The maximum atomic E-state index is 10.9. The Morgan fingerprint density at radius 2 is 2.19 bits per heavy atom. The third-order valence-electron chi connectivity index (χ3n) is 1.98. The molecule has 0 aliphatic heterocycles. The van der Waals surface area contributed by atoms with E-state index in [0.29, 0.717) is 18.6 Å². The molecule has 0 aliphatic rings. The van der Waals surface area contributed by atoms with Gasteiger partial charge in [0.15, 0.2) is 0 Å². The summed E-state index contributed by atoms with van der Waals surface area (Å²) in [4.78, 5) is 31.7. The molecule has 0 bridgehead atoms. The number of nitrogens with one attached hydrogen (secondary N) is 1. The van der Waals surface area contributed by atoms with Gasteiger partial charge in [-0.15, -0.1) is 11.8 Å². The Bertz CT molecular complexity index is 260. The molecule has 0 radical (unpaired) electrons. The van der Waals surface area contributed by atoms with Gasteiger partial charge in [0.25, 0.3) is 0 Å². The predicted molar refractivity (Wildman–Crippen MR) is 61.0 cm³/mol. The van der Waals surface area contributed by atoms with Crippen molar-refractivity contribution >= 4 is 30.0 Å². The lowest BCUT2D eigenvalue weighted by Crippen LogP contribution is -2.36. The first-order chi connectivity index (χ1) is 7.52.